The van der Waals surface area contributed by atoms with Gasteiger partial charge in [-0.15, -0.1) is 0 Å². The van der Waals surface area contributed by atoms with E-state index in [2.05, 4.69) is 20.4 Å². The van der Waals surface area contributed by atoms with E-state index in [0.29, 0.717) is 9.52 Å². The van der Waals surface area contributed by atoms with Crippen LogP contribution in [0.2, 0.25) is 5.15 Å². The molecule has 0 spiro atoms. The Balaban J connectivity index is 2.86. The zero-order chi connectivity index (χ0) is 8.97. The van der Waals surface area contributed by atoms with Crippen LogP contribution in [-0.4, -0.2) is 21.5 Å². The molecule has 0 aliphatic heterocycles. The molecule has 0 atom stereocenters. The Labute approximate surface area is 87.0 Å². The number of nitrogens with one attached hydrogen (secondary N) is 1. The van der Waals surface area contributed by atoms with Crippen molar-refractivity contribution in [3.8, 4) is 0 Å². The molecule has 1 aromatic rings. The predicted molar refractivity (Wildman–Crippen MR) is 53.7 cm³/mol. The Morgan fingerprint density at radius 3 is 3.08 bits per heavy atom. The van der Waals surface area contributed by atoms with Crippen LogP contribution < -0.4 is 5.32 Å². The molecule has 1 rings (SSSR count). The van der Waals surface area contributed by atoms with E-state index < -0.39 is 0 Å². The van der Waals surface area contributed by atoms with Crippen molar-refractivity contribution in [1.82, 2.24) is 9.97 Å². The molecule has 0 aromatic carbocycles. The molecule has 5 nitrogen and oxygen atoms in total. The van der Waals surface area contributed by atoms with Gasteiger partial charge >= 0.3 is 0 Å². The molecule has 0 aliphatic rings. The van der Waals surface area contributed by atoms with Crippen LogP contribution in [0.4, 0.5) is 5.82 Å². The quantitative estimate of drug-likeness (QED) is 0.286. The van der Waals surface area contributed by atoms with E-state index >= 15 is 0 Å². The van der Waals surface area contributed by atoms with Gasteiger partial charge in [0.05, 0.1) is 6.20 Å². The average molecular weight is 298 g/mol. The minimum Gasteiger partial charge on any atom is -0.410 e. The number of halogens is 2. The second-order valence-electron chi connectivity index (χ2n) is 1.72. The first-order valence-electron chi connectivity index (χ1n) is 2.84. The van der Waals surface area contributed by atoms with Crippen molar-refractivity contribution in [2.75, 3.05) is 5.32 Å². The first kappa shape index (κ1) is 9.46. The summed E-state index contributed by atoms with van der Waals surface area (Å²) in [5.74, 6) is 0.356. The second-order valence-corrected chi connectivity index (χ2v) is 3.18. The highest BCUT2D eigenvalue weighted by Gasteiger charge is 2.01. The monoisotopic (exact) mass is 298 g/mol. The predicted octanol–water partition coefficient (Wildman–Crippen LogP) is 1.56. The topological polar surface area (TPSA) is 70.4 Å². The summed E-state index contributed by atoms with van der Waals surface area (Å²) in [6, 6.07) is 0. The van der Waals surface area contributed by atoms with Crippen LogP contribution in [0.5, 0.6) is 0 Å². The molecular formula is C5H4ClIN4O. The second kappa shape index (κ2) is 4.41. The molecule has 1 aromatic heterocycles. The highest BCUT2D eigenvalue weighted by molar-refractivity contribution is 14.1. The maximum Gasteiger partial charge on any atom is 0.172 e. The van der Waals surface area contributed by atoms with Gasteiger partial charge in [0.25, 0.3) is 0 Å². The molecule has 7 heteroatoms. The number of nitrogens with zero attached hydrogens (tertiary/aromatic N) is 3. The van der Waals surface area contributed by atoms with Crippen molar-refractivity contribution in [2.45, 2.75) is 0 Å². The summed E-state index contributed by atoms with van der Waals surface area (Å²) in [5.41, 5.74) is 0. The molecule has 0 radical (unpaired) electrons. The van der Waals surface area contributed by atoms with Crippen molar-refractivity contribution in [1.29, 1.82) is 0 Å². The largest absolute Gasteiger partial charge is 0.410 e. The van der Waals surface area contributed by atoms with Crippen LogP contribution in [0.25, 0.3) is 0 Å². The van der Waals surface area contributed by atoms with E-state index in [-0.39, 0.29) is 5.15 Å². The number of aromatic nitrogens is 2. The van der Waals surface area contributed by atoms with Crippen molar-refractivity contribution < 1.29 is 5.21 Å². The van der Waals surface area contributed by atoms with Crippen LogP contribution in [-0.2, 0) is 0 Å². The lowest BCUT2D eigenvalue weighted by Gasteiger charge is -1.99. The minimum atomic E-state index is 0.238. The molecule has 0 unspecified atom stereocenters. The van der Waals surface area contributed by atoms with E-state index in [1.807, 2.05) is 22.6 Å². The van der Waals surface area contributed by atoms with Gasteiger partial charge < -0.3 is 10.5 Å². The van der Waals surface area contributed by atoms with Crippen molar-refractivity contribution in [3.05, 3.63) is 15.1 Å². The van der Waals surface area contributed by atoms with Gasteiger partial charge in [0.2, 0.25) is 0 Å². The molecule has 0 bridgehead atoms. The summed E-state index contributed by atoms with van der Waals surface area (Å²) in [6.45, 7) is 0. The Bertz CT molecular complexity index is 305. The average Bonchev–Trinajstić information content (AvgIpc) is 2.03. The Morgan fingerprint density at radius 2 is 2.50 bits per heavy atom. The third-order valence-corrected chi connectivity index (χ3v) is 1.74. The molecule has 0 amide bonds. The molecule has 64 valence electrons. The fourth-order valence-corrected chi connectivity index (χ4v) is 1.25. The number of hydrogen-bond donors (Lipinski definition) is 2. The lowest BCUT2D eigenvalue weighted by atomic mass is 10.6. The Morgan fingerprint density at radius 1 is 1.75 bits per heavy atom. The molecule has 0 fully saturated rings. The summed E-state index contributed by atoms with van der Waals surface area (Å²) in [7, 11) is 0. The minimum absolute atomic E-state index is 0.238. The van der Waals surface area contributed by atoms with Gasteiger partial charge in [-0.1, -0.05) is 16.8 Å². The fourth-order valence-electron chi connectivity index (χ4n) is 0.534. The van der Waals surface area contributed by atoms with E-state index in [0.717, 1.165) is 6.34 Å². The summed E-state index contributed by atoms with van der Waals surface area (Å²) in [6.07, 6.45) is 2.60. The van der Waals surface area contributed by atoms with Crippen molar-refractivity contribution >= 4 is 46.3 Å². The number of hydrogen-bond acceptors (Lipinski definition) is 4. The maximum absolute atomic E-state index is 8.09. The Kier molecular flexibility index (Phi) is 3.48. The summed E-state index contributed by atoms with van der Waals surface area (Å²) in [4.78, 5) is 7.81. The van der Waals surface area contributed by atoms with E-state index in [1.165, 1.54) is 0 Å². The molecule has 0 aliphatic carbocycles. The van der Waals surface area contributed by atoms with Gasteiger partial charge in [-0.2, -0.15) is 0 Å². The maximum atomic E-state index is 8.09. The molecule has 12 heavy (non-hydrogen) atoms. The van der Waals surface area contributed by atoms with Gasteiger partial charge in [-0.3, -0.25) is 0 Å². The zero-order valence-corrected chi connectivity index (χ0v) is 8.61. The van der Waals surface area contributed by atoms with E-state index in [1.54, 1.807) is 6.20 Å². The summed E-state index contributed by atoms with van der Waals surface area (Å²) < 4.78 is 0.698. The third-order valence-electron chi connectivity index (χ3n) is 0.960. The van der Waals surface area contributed by atoms with E-state index in [9.17, 15) is 0 Å². The lowest BCUT2D eigenvalue weighted by Crippen LogP contribution is -2.00. The molecule has 2 N–H and O–H groups in total. The standard InChI is InChI=1S/C5H4ClIN4O/c6-4-5(9-2-10-12)8-1-3(7)11-4/h1-2,12H,(H,8,9,10). The third kappa shape index (κ3) is 2.45. The summed E-state index contributed by atoms with van der Waals surface area (Å²) >= 11 is 7.67. The molecule has 0 saturated carbocycles. The van der Waals surface area contributed by atoms with Crippen molar-refractivity contribution in [3.63, 3.8) is 0 Å². The number of anilines is 1. The van der Waals surface area contributed by atoms with Crippen molar-refractivity contribution in [2.24, 2.45) is 5.16 Å². The molecule has 0 saturated heterocycles. The smallest absolute Gasteiger partial charge is 0.172 e. The van der Waals surface area contributed by atoms with Gasteiger partial charge in [0, 0.05) is 0 Å². The van der Waals surface area contributed by atoms with Gasteiger partial charge in [0.1, 0.15) is 10.0 Å². The lowest BCUT2D eigenvalue weighted by molar-refractivity contribution is 0.321. The van der Waals surface area contributed by atoms with Gasteiger partial charge in [0.15, 0.2) is 11.0 Å². The SMILES string of the molecule is O/N=C/Nc1ncc(I)nc1Cl. The van der Waals surface area contributed by atoms with Crippen LogP contribution in [0.3, 0.4) is 0 Å². The van der Waals surface area contributed by atoms with Crippen LogP contribution in [0, 0.1) is 3.70 Å². The van der Waals surface area contributed by atoms with Gasteiger partial charge in [-0.05, 0) is 22.6 Å². The Hall–Kier alpha value is -0.630. The van der Waals surface area contributed by atoms with Crippen LogP contribution in [0.1, 0.15) is 0 Å². The zero-order valence-electron chi connectivity index (χ0n) is 5.70. The molecular weight excluding hydrogens is 294 g/mol. The first-order valence-corrected chi connectivity index (χ1v) is 4.30. The van der Waals surface area contributed by atoms with Crippen LogP contribution in [0.15, 0.2) is 11.4 Å². The number of oxime groups is 1. The van der Waals surface area contributed by atoms with Gasteiger partial charge in [-0.25, -0.2) is 9.97 Å². The fraction of sp³-hybridized carbons (Fsp3) is 0. The van der Waals surface area contributed by atoms with E-state index in [4.69, 9.17) is 16.8 Å². The highest BCUT2D eigenvalue weighted by atomic mass is 127. The highest BCUT2D eigenvalue weighted by Crippen LogP contribution is 2.15. The first-order chi connectivity index (χ1) is 5.74. The number of rotatable bonds is 2. The summed E-state index contributed by atoms with van der Waals surface area (Å²) in [5, 5.41) is 13.6. The van der Waals surface area contributed by atoms with Crippen LogP contribution >= 0.6 is 34.2 Å². The molecule has 1 heterocycles. The normalized spacial score (nSPS) is 10.5.